The molecule has 0 aliphatic carbocycles. The molecule has 1 rings (SSSR count). The molecule has 0 aliphatic rings. The number of hydrogen-bond acceptors (Lipinski definition) is 2. The first kappa shape index (κ1) is 13.2. The third kappa shape index (κ3) is 3.31. The molecule has 1 aromatic rings. The fraction of sp³-hybridized carbons (Fsp3) is 0.385. The van der Waals surface area contributed by atoms with Crippen molar-refractivity contribution in [2.45, 2.75) is 13.8 Å². The first-order valence-corrected chi connectivity index (χ1v) is 5.47. The Morgan fingerprint density at radius 3 is 2.47 bits per heavy atom. The van der Waals surface area contributed by atoms with E-state index >= 15 is 0 Å². The van der Waals surface area contributed by atoms with Gasteiger partial charge in [-0.25, -0.2) is 0 Å². The smallest absolute Gasteiger partial charge is 0.308 e. The summed E-state index contributed by atoms with van der Waals surface area (Å²) in [6, 6.07) is 7.28. The number of hydrogen-bond donors (Lipinski definition) is 1. The van der Waals surface area contributed by atoms with Crippen LogP contribution in [0.3, 0.4) is 0 Å². The molecule has 92 valence electrons. The third-order valence-electron chi connectivity index (χ3n) is 2.69. The van der Waals surface area contributed by atoms with Gasteiger partial charge in [-0.15, -0.1) is 0 Å². The molecule has 4 nitrogen and oxygen atoms in total. The third-order valence-corrected chi connectivity index (χ3v) is 2.69. The highest BCUT2D eigenvalue weighted by atomic mass is 16.4. The second kappa shape index (κ2) is 5.48. The molecule has 1 N–H and O–H groups in total. The van der Waals surface area contributed by atoms with Crippen LogP contribution >= 0.6 is 0 Å². The molecule has 0 aromatic heterocycles. The van der Waals surface area contributed by atoms with Crippen LogP contribution in [-0.2, 0) is 4.79 Å². The van der Waals surface area contributed by atoms with Gasteiger partial charge in [0, 0.05) is 19.2 Å². The first-order chi connectivity index (χ1) is 7.93. The summed E-state index contributed by atoms with van der Waals surface area (Å²) in [6.45, 7) is 3.66. The molecule has 0 heterocycles. The van der Waals surface area contributed by atoms with E-state index < -0.39 is 11.9 Å². The molecule has 0 saturated carbocycles. The normalized spacial score (nSPS) is 11.9. The second-order valence-corrected chi connectivity index (χ2v) is 4.24. The number of carbonyl (C=O) groups excluding carboxylic acids is 1. The van der Waals surface area contributed by atoms with Crippen LogP contribution in [0.15, 0.2) is 24.3 Å². The highest BCUT2D eigenvalue weighted by molar-refractivity contribution is 5.95. The lowest BCUT2D eigenvalue weighted by Crippen LogP contribution is -2.34. The van der Waals surface area contributed by atoms with E-state index in [1.54, 1.807) is 26.1 Å². The maximum atomic E-state index is 12.1. The Balaban J connectivity index is 2.77. The van der Waals surface area contributed by atoms with Gasteiger partial charge in [-0.2, -0.15) is 0 Å². The molecule has 17 heavy (non-hydrogen) atoms. The molecule has 1 amide bonds. The van der Waals surface area contributed by atoms with Crippen molar-refractivity contribution in [1.29, 1.82) is 0 Å². The Morgan fingerprint density at radius 2 is 1.94 bits per heavy atom. The molecule has 1 aromatic carbocycles. The topological polar surface area (TPSA) is 57.6 Å². The van der Waals surface area contributed by atoms with E-state index in [0.29, 0.717) is 5.56 Å². The fourth-order valence-corrected chi connectivity index (χ4v) is 1.59. The van der Waals surface area contributed by atoms with Gasteiger partial charge in [0.25, 0.3) is 5.91 Å². The maximum Gasteiger partial charge on any atom is 0.308 e. The van der Waals surface area contributed by atoms with Crippen molar-refractivity contribution in [1.82, 2.24) is 4.90 Å². The zero-order chi connectivity index (χ0) is 13.0. The molecule has 1 atom stereocenters. The van der Waals surface area contributed by atoms with Gasteiger partial charge in [-0.3, -0.25) is 9.59 Å². The van der Waals surface area contributed by atoms with Gasteiger partial charge in [-0.1, -0.05) is 25.1 Å². The SMILES string of the molecule is Cc1ccccc1C(=O)N(C)CC(C)C(=O)O. The van der Waals surface area contributed by atoms with E-state index in [-0.39, 0.29) is 12.5 Å². The van der Waals surface area contributed by atoms with Crippen LogP contribution in [0.4, 0.5) is 0 Å². The van der Waals surface area contributed by atoms with Crippen LogP contribution in [0.2, 0.25) is 0 Å². The number of nitrogens with zero attached hydrogens (tertiary/aromatic N) is 1. The van der Waals surface area contributed by atoms with Crippen LogP contribution in [0.5, 0.6) is 0 Å². The average molecular weight is 235 g/mol. The van der Waals surface area contributed by atoms with E-state index in [4.69, 9.17) is 5.11 Å². The van der Waals surface area contributed by atoms with Crippen molar-refractivity contribution < 1.29 is 14.7 Å². The van der Waals surface area contributed by atoms with Crippen LogP contribution in [0.1, 0.15) is 22.8 Å². The number of aryl methyl sites for hydroxylation is 1. The predicted octanol–water partition coefficient (Wildman–Crippen LogP) is 1.79. The monoisotopic (exact) mass is 235 g/mol. The molecule has 0 spiro atoms. The van der Waals surface area contributed by atoms with Gasteiger partial charge in [0.15, 0.2) is 0 Å². The molecule has 4 heteroatoms. The van der Waals surface area contributed by atoms with Crippen molar-refractivity contribution in [3.05, 3.63) is 35.4 Å². The number of rotatable bonds is 4. The summed E-state index contributed by atoms with van der Waals surface area (Å²) in [5.74, 6) is -1.60. The maximum absolute atomic E-state index is 12.1. The Kier molecular flexibility index (Phi) is 4.26. The lowest BCUT2D eigenvalue weighted by Gasteiger charge is -2.20. The molecular formula is C13H17NO3. The van der Waals surface area contributed by atoms with Gasteiger partial charge in [0.05, 0.1) is 5.92 Å². The first-order valence-electron chi connectivity index (χ1n) is 5.47. The Labute approximate surface area is 101 Å². The van der Waals surface area contributed by atoms with Crippen LogP contribution in [0, 0.1) is 12.8 Å². The lowest BCUT2D eigenvalue weighted by atomic mass is 10.1. The quantitative estimate of drug-likeness (QED) is 0.865. The summed E-state index contributed by atoms with van der Waals surface area (Å²) in [4.78, 5) is 24.2. The summed E-state index contributed by atoms with van der Waals surface area (Å²) in [7, 11) is 1.62. The Bertz CT molecular complexity index is 428. The molecule has 1 unspecified atom stereocenters. The number of benzene rings is 1. The number of amides is 1. The van der Waals surface area contributed by atoms with E-state index in [2.05, 4.69) is 0 Å². The summed E-state index contributed by atoms with van der Waals surface area (Å²) < 4.78 is 0. The summed E-state index contributed by atoms with van der Waals surface area (Å²) in [6.07, 6.45) is 0. The van der Waals surface area contributed by atoms with Gasteiger partial charge < -0.3 is 10.0 Å². The summed E-state index contributed by atoms with van der Waals surface area (Å²) in [5.41, 5.74) is 1.51. The fourth-order valence-electron chi connectivity index (χ4n) is 1.59. The highest BCUT2D eigenvalue weighted by Crippen LogP contribution is 2.11. The molecule has 0 saturated heterocycles. The predicted molar refractivity (Wildman–Crippen MR) is 64.9 cm³/mol. The van der Waals surface area contributed by atoms with Crippen molar-refractivity contribution in [2.75, 3.05) is 13.6 Å². The molecule has 0 aliphatic heterocycles. The molecule has 0 radical (unpaired) electrons. The van der Waals surface area contributed by atoms with Gasteiger partial charge in [0.2, 0.25) is 0 Å². The zero-order valence-electron chi connectivity index (χ0n) is 10.3. The van der Waals surface area contributed by atoms with E-state index in [9.17, 15) is 9.59 Å². The average Bonchev–Trinajstić information content (AvgIpc) is 2.28. The van der Waals surface area contributed by atoms with Crippen LogP contribution in [0.25, 0.3) is 0 Å². The van der Waals surface area contributed by atoms with E-state index in [1.807, 2.05) is 19.1 Å². The Morgan fingerprint density at radius 1 is 1.35 bits per heavy atom. The van der Waals surface area contributed by atoms with Crippen molar-refractivity contribution >= 4 is 11.9 Å². The van der Waals surface area contributed by atoms with E-state index in [0.717, 1.165) is 5.56 Å². The number of aliphatic carboxylic acids is 1. The van der Waals surface area contributed by atoms with Crippen LogP contribution < -0.4 is 0 Å². The number of carbonyl (C=O) groups is 2. The number of carboxylic acids is 1. The van der Waals surface area contributed by atoms with Gasteiger partial charge in [0.1, 0.15) is 0 Å². The minimum absolute atomic E-state index is 0.142. The zero-order valence-corrected chi connectivity index (χ0v) is 10.3. The summed E-state index contributed by atoms with van der Waals surface area (Å²) >= 11 is 0. The van der Waals surface area contributed by atoms with E-state index in [1.165, 1.54) is 4.90 Å². The Hall–Kier alpha value is -1.84. The van der Waals surface area contributed by atoms with Crippen molar-refractivity contribution in [3.63, 3.8) is 0 Å². The van der Waals surface area contributed by atoms with Crippen molar-refractivity contribution in [2.24, 2.45) is 5.92 Å². The standard InChI is InChI=1S/C13H17NO3/c1-9-6-4-5-7-11(9)12(15)14(3)8-10(2)13(16)17/h4-7,10H,8H2,1-3H3,(H,16,17). The number of carboxylic acid groups (broad SMARTS) is 1. The van der Waals surface area contributed by atoms with Gasteiger partial charge >= 0.3 is 5.97 Å². The van der Waals surface area contributed by atoms with Crippen molar-refractivity contribution in [3.8, 4) is 0 Å². The molecular weight excluding hydrogens is 218 g/mol. The lowest BCUT2D eigenvalue weighted by molar-refractivity contribution is -0.141. The van der Waals surface area contributed by atoms with Gasteiger partial charge in [-0.05, 0) is 18.6 Å². The minimum Gasteiger partial charge on any atom is -0.481 e. The summed E-state index contributed by atoms with van der Waals surface area (Å²) in [5, 5.41) is 8.80. The second-order valence-electron chi connectivity index (χ2n) is 4.24. The van der Waals surface area contributed by atoms with Crippen LogP contribution in [-0.4, -0.2) is 35.5 Å². The molecule has 0 fully saturated rings. The minimum atomic E-state index is -0.894. The highest BCUT2D eigenvalue weighted by Gasteiger charge is 2.19. The molecule has 0 bridgehead atoms. The largest absolute Gasteiger partial charge is 0.481 e.